The van der Waals surface area contributed by atoms with Crippen molar-refractivity contribution in [2.24, 2.45) is 5.73 Å². The Balaban J connectivity index is 0.00000380. The van der Waals surface area contributed by atoms with Gasteiger partial charge in [0.2, 0.25) is 0 Å². The highest BCUT2D eigenvalue weighted by Gasteiger charge is 2.20. The van der Waals surface area contributed by atoms with E-state index in [4.69, 9.17) is 17.3 Å². The Kier molecular flexibility index (Phi) is 9.16. The molecule has 12 heteroatoms. The van der Waals surface area contributed by atoms with Crippen molar-refractivity contribution in [3.8, 4) is 34.2 Å². The number of nitrogens with two attached hydrogens (primary N) is 1. The lowest BCUT2D eigenvalue weighted by Gasteiger charge is -2.14. The molecule has 0 saturated carbocycles. The molecule has 0 aliphatic rings. The number of nitrogens with one attached hydrogen (secondary N) is 2. The van der Waals surface area contributed by atoms with E-state index in [9.17, 15) is 20.0 Å². The Labute approximate surface area is 227 Å². The summed E-state index contributed by atoms with van der Waals surface area (Å²) in [4.78, 5) is 33.7. The summed E-state index contributed by atoms with van der Waals surface area (Å²) in [5.41, 5.74) is 7.48. The third-order valence-electron chi connectivity index (χ3n) is 5.09. The molecule has 0 spiro atoms. The predicted molar refractivity (Wildman–Crippen MR) is 145 cm³/mol. The van der Waals surface area contributed by atoms with Crippen molar-refractivity contribution in [1.29, 1.82) is 5.26 Å². The average molecular weight is 555 g/mol. The summed E-state index contributed by atoms with van der Waals surface area (Å²) in [5.74, 6) is -0.995. The molecule has 0 saturated heterocycles. The molecule has 0 aliphatic heterocycles. The minimum Gasteiger partial charge on any atom is -0.507 e. The molecule has 2 aromatic heterocycles. The van der Waals surface area contributed by atoms with E-state index in [0.717, 1.165) is 11.3 Å². The fraction of sp³-hybridized carbons (Fsp3) is 0.0800. The molecule has 0 atom stereocenters. The molecule has 4 aromatic rings. The van der Waals surface area contributed by atoms with E-state index in [1.54, 1.807) is 47.8 Å². The zero-order valence-electron chi connectivity index (χ0n) is 19.1. The fourth-order valence-electron chi connectivity index (χ4n) is 3.45. The second-order valence-electron chi connectivity index (χ2n) is 7.47. The number of pyridine rings is 1. The molecule has 2 heterocycles. The van der Waals surface area contributed by atoms with Crippen LogP contribution in [-0.2, 0) is 0 Å². The minimum absolute atomic E-state index is 0. The molecule has 0 radical (unpaired) electrons. The number of carbonyl (C=O) groups excluding carboxylic acids is 2. The second-order valence-corrected chi connectivity index (χ2v) is 8.80. The zero-order chi connectivity index (χ0) is 25.7. The number of hydrogen-bond acceptors (Lipinski definition) is 8. The number of anilines is 1. The van der Waals surface area contributed by atoms with Crippen molar-refractivity contribution in [1.82, 2.24) is 15.3 Å². The van der Waals surface area contributed by atoms with Gasteiger partial charge in [-0.2, -0.15) is 5.26 Å². The molecule has 0 unspecified atom stereocenters. The molecule has 2 amide bonds. The Hall–Kier alpha value is -4.01. The maximum absolute atomic E-state index is 12.8. The zero-order valence-corrected chi connectivity index (χ0v) is 21.5. The summed E-state index contributed by atoms with van der Waals surface area (Å²) >= 11 is 7.13. The van der Waals surface area contributed by atoms with Gasteiger partial charge in [-0.25, -0.2) is 9.97 Å². The molecule has 37 heavy (non-hydrogen) atoms. The first kappa shape index (κ1) is 27.6. The van der Waals surface area contributed by atoms with Crippen LogP contribution in [0.1, 0.15) is 25.7 Å². The van der Waals surface area contributed by atoms with Crippen LogP contribution in [0.3, 0.4) is 0 Å². The van der Waals surface area contributed by atoms with Crippen molar-refractivity contribution in [3.63, 3.8) is 0 Å². The Morgan fingerprint density at radius 2 is 1.95 bits per heavy atom. The standard InChI is InChI=1S/C25H19ClN6O3S.ClH/c26-16-4-5-17(21(33)11-16)20-12-18(14-2-1-3-15(10-14)23(34)29-7-6-27)19(13-28)22(31-20)32-24(35)25-30-8-9-36-25;/h1-5,8-12,33H,6-7,27H2,(H,29,34)(H,31,32,35);1H. The fourth-order valence-corrected chi connectivity index (χ4v) is 4.14. The van der Waals surface area contributed by atoms with E-state index >= 15 is 0 Å². The minimum atomic E-state index is -0.535. The van der Waals surface area contributed by atoms with Gasteiger partial charge in [-0.1, -0.05) is 23.7 Å². The van der Waals surface area contributed by atoms with E-state index in [-0.39, 0.29) is 46.1 Å². The normalized spacial score (nSPS) is 10.2. The monoisotopic (exact) mass is 554 g/mol. The van der Waals surface area contributed by atoms with Crippen LogP contribution < -0.4 is 16.4 Å². The third-order valence-corrected chi connectivity index (χ3v) is 6.10. The van der Waals surface area contributed by atoms with Crippen LogP contribution in [0.2, 0.25) is 5.02 Å². The van der Waals surface area contributed by atoms with Crippen LogP contribution in [-0.4, -0.2) is 40.0 Å². The third kappa shape index (κ3) is 6.22. The number of aromatic nitrogens is 2. The molecular formula is C25H20Cl2N6O3S. The molecule has 2 aromatic carbocycles. The van der Waals surface area contributed by atoms with Crippen LogP contribution >= 0.6 is 35.3 Å². The SMILES string of the molecule is Cl.N#Cc1c(-c2cccc(C(=O)NCCN)c2)cc(-c2ccc(Cl)cc2O)nc1NC(=O)c1nccs1. The number of hydrogen-bond donors (Lipinski definition) is 4. The van der Waals surface area contributed by atoms with Crippen LogP contribution in [0.4, 0.5) is 5.82 Å². The molecule has 0 fully saturated rings. The Morgan fingerprint density at radius 1 is 1.14 bits per heavy atom. The van der Waals surface area contributed by atoms with E-state index < -0.39 is 5.91 Å². The van der Waals surface area contributed by atoms with Gasteiger partial charge in [-0.3, -0.25) is 9.59 Å². The summed E-state index contributed by atoms with van der Waals surface area (Å²) in [6.07, 6.45) is 1.49. The van der Waals surface area contributed by atoms with Gasteiger partial charge in [0.05, 0.1) is 5.69 Å². The lowest BCUT2D eigenvalue weighted by molar-refractivity contribution is 0.0954. The van der Waals surface area contributed by atoms with Crippen LogP contribution in [0.25, 0.3) is 22.4 Å². The average Bonchev–Trinajstić information content (AvgIpc) is 3.42. The van der Waals surface area contributed by atoms with Crippen molar-refractivity contribution < 1.29 is 14.7 Å². The van der Waals surface area contributed by atoms with Gasteiger partial charge < -0.3 is 21.5 Å². The Bertz CT molecular complexity index is 1490. The van der Waals surface area contributed by atoms with Gasteiger partial charge in [-0.15, -0.1) is 23.7 Å². The van der Waals surface area contributed by atoms with E-state index in [1.165, 1.54) is 12.3 Å². The van der Waals surface area contributed by atoms with Gasteiger partial charge in [0, 0.05) is 46.4 Å². The first-order chi connectivity index (χ1) is 17.4. The lowest BCUT2D eigenvalue weighted by atomic mass is 9.96. The number of phenols is 1. The van der Waals surface area contributed by atoms with Gasteiger partial charge in [-0.05, 0) is 42.0 Å². The predicted octanol–water partition coefficient (Wildman–Crippen LogP) is 4.47. The van der Waals surface area contributed by atoms with E-state index in [0.29, 0.717) is 40.4 Å². The molecule has 9 nitrogen and oxygen atoms in total. The van der Waals surface area contributed by atoms with Crippen molar-refractivity contribution in [2.45, 2.75) is 0 Å². The number of aromatic hydroxyl groups is 1. The number of thiazole rings is 1. The lowest BCUT2D eigenvalue weighted by Crippen LogP contribution is -2.28. The largest absolute Gasteiger partial charge is 0.507 e. The first-order valence-corrected chi connectivity index (χ1v) is 11.9. The number of phenolic OH excluding ortho intramolecular Hbond substituents is 1. The van der Waals surface area contributed by atoms with Crippen molar-refractivity contribution in [2.75, 3.05) is 18.4 Å². The van der Waals surface area contributed by atoms with Crippen LogP contribution in [0.5, 0.6) is 5.75 Å². The Morgan fingerprint density at radius 3 is 2.62 bits per heavy atom. The topological polar surface area (TPSA) is 154 Å². The summed E-state index contributed by atoms with van der Waals surface area (Å²) in [6.45, 7) is 0.610. The number of carbonyl (C=O) groups is 2. The molecule has 5 N–H and O–H groups in total. The summed E-state index contributed by atoms with van der Waals surface area (Å²) < 4.78 is 0. The molecule has 188 valence electrons. The highest BCUT2D eigenvalue weighted by atomic mass is 35.5. The summed E-state index contributed by atoms with van der Waals surface area (Å²) in [5, 5.41) is 28.1. The summed E-state index contributed by atoms with van der Waals surface area (Å²) in [6, 6.07) is 14.9. The highest BCUT2D eigenvalue weighted by Crippen LogP contribution is 2.37. The number of nitriles is 1. The summed E-state index contributed by atoms with van der Waals surface area (Å²) in [7, 11) is 0. The van der Waals surface area contributed by atoms with Gasteiger partial charge in [0.25, 0.3) is 11.8 Å². The van der Waals surface area contributed by atoms with Crippen LogP contribution in [0.15, 0.2) is 60.1 Å². The number of nitrogens with zero attached hydrogens (tertiary/aromatic N) is 3. The quantitative estimate of drug-likeness (QED) is 0.262. The molecule has 0 aliphatic carbocycles. The first-order valence-electron chi connectivity index (χ1n) is 10.6. The molecule has 0 bridgehead atoms. The van der Waals surface area contributed by atoms with Crippen molar-refractivity contribution in [3.05, 3.63) is 81.3 Å². The van der Waals surface area contributed by atoms with Gasteiger partial charge in [0.1, 0.15) is 17.4 Å². The number of benzene rings is 2. The number of halogens is 2. The maximum Gasteiger partial charge on any atom is 0.285 e. The van der Waals surface area contributed by atoms with Crippen molar-refractivity contribution >= 4 is 53.0 Å². The second kappa shape index (κ2) is 12.3. The molecule has 4 rings (SSSR count). The maximum atomic E-state index is 12.8. The smallest absolute Gasteiger partial charge is 0.285 e. The number of amides is 2. The van der Waals surface area contributed by atoms with E-state index in [2.05, 4.69) is 26.7 Å². The molecular weight excluding hydrogens is 535 g/mol. The van der Waals surface area contributed by atoms with Gasteiger partial charge >= 0.3 is 0 Å². The van der Waals surface area contributed by atoms with E-state index in [1.807, 2.05) is 0 Å². The highest BCUT2D eigenvalue weighted by molar-refractivity contribution is 7.11. The van der Waals surface area contributed by atoms with Crippen LogP contribution in [0, 0.1) is 11.3 Å². The van der Waals surface area contributed by atoms with Gasteiger partial charge in [0.15, 0.2) is 10.8 Å². The number of rotatable bonds is 7.